The first-order chi connectivity index (χ1) is 8.25. The highest BCUT2D eigenvalue weighted by atomic mass is 79.9. The van der Waals surface area contributed by atoms with Crippen LogP contribution in [0.1, 0.15) is 26.2 Å². The van der Waals surface area contributed by atoms with E-state index in [-0.39, 0.29) is 0 Å². The first-order valence-electron chi connectivity index (χ1n) is 6.01. The van der Waals surface area contributed by atoms with Crippen molar-refractivity contribution in [3.8, 4) is 0 Å². The maximum absolute atomic E-state index is 4.61. The van der Waals surface area contributed by atoms with E-state index in [1.54, 1.807) is 0 Å². The largest absolute Gasteiger partial charge is 0.351 e. The van der Waals surface area contributed by atoms with Gasteiger partial charge in [0.1, 0.15) is 4.60 Å². The highest BCUT2D eigenvalue weighted by Crippen LogP contribution is 2.27. The van der Waals surface area contributed by atoms with Crippen molar-refractivity contribution < 1.29 is 0 Å². The van der Waals surface area contributed by atoms with E-state index in [4.69, 9.17) is 0 Å². The quantitative estimate of drug-likeness (QED) is 0.811. The lowest BCUT2D eigenvalue weighted by molar-refractivity contribution is 0.481. The highest BCUT2D eigenvalue weighted by Gasteiger charge is 2.22. The molecule has 1 saturated heterocycles. The average molecular weight is 295 g/mol. The van der Waals surface area contributed by atoms with Gasteiger partial charge in [-0.25, -0.2) is 9.97 Å². The number of piperidine rings is 1. The second-order valence-corrected chi connectivity index (χ2v) is 5.40. The molecule has 0 bridgehead atoms. The molecule has 1 aliphatic heterocycles. The lowest BCUT2D eigenvalue weighted by Gasteiger charge is -2.34. The normalized spacial score (nSPS) is 21.1. The summed E-state index contributed by atoms with van der Waals surface area (Å²) < 4.78 is 2.88. The zero-order valence-corrected chi connectivity index (χ0v) is 11.4. The van der Waals surface area contributed by atoms with E-state index in [1.807, 2.05) is 23.0 Å². The van der Waals surface area contributed by atoms with Crippen LogP contribution in [0.2, 0.25) is 0 Å². The third kappa shape index (κ3) is 1.92. The molecule has 0 N–H and O–H groups in total. The Morgan fingerprint density at radius 3 is 3.12 bits per heavy atom. The molecule has 90 valence electrons. The molecule has 17 heavy (non-hydrogen) atoms. The van der Waals surface area contributed by atoms with Gasteiger partial charge in [-0.1, -0.05) is 0 Å². The maximum atomic E-state index is 4.61. The van der Waals surface area contributed by atoms with Crippen molar-refractivity contribution in [3.63, 3.8) is 0 Å². The van der Waals surface area contributed by atoms with E-state index in [0.29, 0.717) is 6.04 Å². The van der Waals surface area contributed by atoms with Crippen LogP contribution in [-0.2, 0) is 0 Å². The second-order valence-electron chi connectivity index (χ2n) is 4.58. The van der Waals surface area contributed by atoms with Crippen LogP contribution in [0.3, 0.4) is 0 Å². The van der Waals surface area contributed by atoms with Crippen LogP contribution in [0.15, 0.2) is 23.2 Å². The Hall–Kier alpha value is -1.10. The van der Waals surface area contributed by atoms with Gasteiger partial charge in [0, 0.05) is 31.2 Å². The molecule has 4 nitrogen and oxygen atoms in total. The summed E-state index contributed by atoms with van der Waals surface area (Å²) in [5.74, 6) is 0.997. The lowest BCUT2D eigenvalue weighted by Crippen LogP contribution is -2.38. The number of anilines is 1. The molecule has 1 unspecified atom stereocenters. The minimum atomic E-state index is 0.547. The minimum Gasteiger partial charge on any atom is -0.351 e. The van der Waals surface area contributed by atoms with E-state index in [9.17, 15) is 0 Å². The molecule has 0 spiro atoms. The van der Waals surface area contributed by atoms with E-state index < -0.39 is 0 Å². The van der Waals surface area contributed by atoms with Gasteiger partial charge in [0.15, 0.2) is 11.5 Å². The van der Waals surface area contributed by atoms with Crippen molar-refractivity contribution in [3.05, 3.63) is 23.2 Å². The molecule has 0 aliphatic carbocycles. The SMILES string of the molecule is CC1CCCCN1c1nc(Br)cn2ccnc12. The number of imidazole rings is 1. The molecule has 0 radical (unpaired) electrons. The third-order valence-corrected chi connectivity index (χ3v) is 3.78. The highest BCUT2D eigenvalue weighted by molar-refractivity contribution is 9.10. The van der Waals surface area contributed by atoms with Crippen LogP contribution >= 0.6 is 15.9 Å². The summed E-state index contributed by atoms with van der Waals surface area (Å²) in [6.45, 7) is 3.34. The van der Waals surface area contributed by atoms with Crippen LogP contribution < -0.4 is 4.90 Å². The molecule has 1 fully saturated rings. The molecule has 0 saturated carbocycles. The minimum absolute atomic E-state index is 0.547. The van der Waals surface area contributed by atoms with Gasteiger partial charge in [0.05, 0.1) is 0 Å². The second kappa shape index (κ2) is 4.29. The molecule has 0 aromatic carbocycles. The molecule has 3 rings (SSSR count). The number of halogens is 1. The smallest absolute Gasteiger partial charge is 0.180 e. The fourth-order valence-corrected chi connectivity index (χ4v) is 2.88. The van der Waals surface area contributed by atoms with Crippen molar-refractivity contribution in [2.24, 2.45) is 0 Å². The number of hydrogen-bond donors (Lipinski definition) is 0. The molecule has 2 aromatic heterocycles. The Labute approximate surface area is 109 Å². The van der Waals surface area contributed by atoms with Crippen molar-refractivity contribution >= 4 is 27.4 Å². The van der Waals surface area contributed by atoms with Crippen molar-refractivity contribution in [2.75, 3.05) is 11.4 Å². The molecule has 1 aliphatic rings. The fourth-order valence-electron chi connectivity index (χ4n) is 2.49. The molecular weight excluding hydrogens is 280 g/mol. The number of hydrogen-bond acceptors (Lipinski definition) is 3. The topological polar surface area (TPSA) is 33.4 Å². The summed E-state index contributed by atoms with van der Waals surface area (Å²) in [5, 5.41) is 0. The van der Waals surface area contributed by atoms with E-state index >= 15 is 0 Å². The zero-order valence-electron chi connectivity index (χ0n) is 9.80. The Morgan fingerprint density at radius 2 is 2.29 bits per heavy atom. The number of rotatable bonds is 1. The third-order valence-electron chi connectivity index (χ3n) is 3.40. The monoisotopic (exact) mass is 294 g/mol. The van der Waals surface area contributed by atoms with Crippen molar-refractivity contribution in [1.82, 2.24) is 14.4 Å². The molecule has 5 heteroatoms. The van der Waals surface area contributed by atoms with Crippen LogP contribution in [0.4, 0.5) is 5.82 Å². The van der Waals surface area contributed by atoms with E-state index in [2.05, 4.69) is 37.7 Å². The zero-order chi connectivity index (χ0) is 11.8. The summed E-state index contributed by atoms with van der Waals surface area (Å²) in [6, 6.07) is 0.547. The van der Waals surface area contributed by atoms with Crippen molar-refractivity contribution in [2.45, 2.75) is 32.2 Å². The predicted octanol–water partition coefficient (Wildman–Crippen LogP) is 2.87. The Bertz CT molecular complexity index is 536. The van der Waals surface area contributed by atoms with Gasteiger partial charge in [-0.15, -0.1) is 0 Å². The van der Waals surface area contributed by atoms with Gasteiger partial charge < -0.3 is 9.30 Å². The van der Waals surface area contributed by atoms with Crippen LogP contribution in [-0.4, -0.2) is 27.0 Å². The summed E-state index contributed by atoms with van der Waals surface area (Å²) in [7, 11) is 0. The predicted molar refractivity (Wildman–Crippen MR) is 71.3 cm³/mol. The fraction of sp³-hybridized carbons (Fsp3) is 0.500. The molecule has 3 heterocycles. The van der Waals surface area contributed by atoms with Gasteiger partial charge in [-0.3, -0.25) is 0 Å². The first kappa shape index (κ1) is 11.0. The van der Waals surface area contributed by atoms with E-state index in [0.717, 1.165) is 22.6 Å². The summed E-state index contributed by atoms with van der Waals surface area (Å²) in [5.41, 5.74) is 0.946. The summed E-state index contributed by atoms with van der Waals surface area (Å²) in [6.07, 6.45) is 9.52. The summed E-state index contributed by atoms with van der Waals surface area (Å²) >= 11 is 3.47. The van der Waals surface area contributed by atoms with Gasteiger partial charge >= 0.3 is 0 Å². The molecule has 1 atom stereocenters. The molecule has 0 amide bonds. The van der Waals surface area contributed by atoms with Crippen LogP contribution in [0, 0.1) is 0 Å². The Kier molecular flexibility index (Phi) is 2.78. The van der Waals surface area contributed by atoms with Crippen LogP contribution in [0.25, 0.3) is 5.65 Å². The number of nitrogens with zero attached hydrogens (tertiary/aromatic N) is 4. The van der Waals surface area contributed by atoms with Gasteiger partial charge in [0.2, 0.25) is 0 Å². The summed E-state index contributed by atoms with van der Waals surface area (Å²) in [4.78, 5) is 11.4. The average Bonchev–Trinajstić information content (AvgIpc) is 2.76. The van der Waals surface area contributed by atoms with Gasteiger partial charge in [0.25, 0.3) is 0 Å². The first-order valence-corrected chi connectivity index (χ1v) is 6.81. The van der Waals surface area contributed by atoms with Crippen molar-refractivity contribution in [1.29, 1.82) is 0 Å². The Balaban J connectivity index is 2.11. The number of fused-ring (bicyclic) bond motifs is 1. The van der Waals surface area contributed by atoms with Gasteiger partial charge in [-0.05, 0) is 42.1 Å². The standard InChI is InChI=1S/C12H15BrN4/c1-9-4-2-3-6-17(9)12-11-14-5-7-16(11)8-10(13)15-12/h5,7-9H,2-4,6H2,1H3. The van der Waals surface area contributed by atoms with Gasteiger partial charge in [-0.2, -0.15) is 0 Å². The van der Waals surface area contributed by atoms with E-state index in [1.165, 1.54) is 19.3 Å². The lowest BCUT2D eigenvalue weighted by atomic mass is 10.0. The Morgan fingerprint density at radius 1 is 1.41 bits per heavy atom. The van der Waals surface area contributed by atoms with Crippen LogP contribution in [0.5, 0.6) is 0 Å². The maximum Gasteiger partial charge on any atom is 0.180 e. The molecular formula is C12H15BrN4. The molecule has 2 aromatic rings. The number of aromatic nitrogens is 3.